The third kappa shape index (κ3) is 5.52. The number of sulfonamides is 1. The number of rotatable bonds is 6. The van der Waals surface area contributed by atoms with Gasteiger partial charge in [-0.2, -0.15) is 13.2 Å². The van der Waals surface area contributed by atoms with Crippen LogP contribution in [0.1, 0.15) is 27.0 Å². The standard InChI is InChI=1S/C22H17ClF3N3O3S/c1-13-4-2-5-16(10-13)33(31,32)29-19-11-15(9-8-14(19)12-27)28-21(30)20-17(22(24,25)26)6-3-7-18(20)23/h2-12,27,29H,1H3,(H,28,30). The maximum Gasteiger partial charge on any atom is 0.417 e. The summed E-state index contributed by atoms with van der Waals surface area (Å²) in [5.41, 5.74) is -1.11. The molecule has 0 saturated heterocycles. The van der Waals surface area contributed by atoms with Crippen LogP contribution in [0.2, 0.25) is 5.02 Å². The lowest BCUT2D eigenvalue weighted by atomic mass is 10.1. The van der Waals surface area contributed by atoms with Crippen molar-refractivity contribution in [3.05, 3.63) is 87.9 Å². The number of nitrogens with one attached hydrogen (secondary N) is 3. The molecule has 0 aliphatic heterocycles. The predicted molar refractivity (Wildman–Crippen MR) is 121 cm³/mol. The largest absolute Gasteiger partial charge is 0.417 e. The molecule has 0 radical (unpaired) electrons. The fourth-order valence-corrected chi connectivity index (χ4v) is 4.46. The highest BCUT2D eigenvalue weighted by Crippen LogP contribution is 2.35. The Balaban J connectivity index is 1.96. The van der Waals surface area contributed by atoms with Crippen LogP contribution in [-0.4, -0.2) is 20.5 Å². The smallest absolute Gasteiger partial charge is 0.322 e. The summed E-state index contributed by atoms with van der Waals surface area (Å²) in [6.07, 6.45) is -3.91. The number of hydrogen-bond donors (Lipinski definition) is 3. The van der Waals surface area contributed by atoms with E-state index in [1.165, 1.54) is 30.3 Å². The van der Waals surface area contributed by atoms with Crippen molar-refractivity contribution in [1.82, 2.24) is 0 Å². The molecule has 1 amide bonds. The Hall–Kier alpha value is -3.37. The molecule has 172 valence electrons. The van der Waals surface area contributed by atoms with Crippen molar-refractivity contribution >= 4 is 45.1 Å². The number of aryl methyl sites for hydroxylation is 1. The first-order valence-electron chi connectivity index (χ1n) is 9.33. The van der Waals surface area contributed by atoms with Gasteiger partial charge in [0.05, 0.1) is 26.7 Å². The molecule has 3 N–H and O–H groups in total. The number of benzene rings is 3. The number of halogens is 4. The molecule has 0 heterocycles. The zero-order valence-corrected chi connectivity index (χ0v) is 18.6. The molecule has 0 fully saturated rings. The minimum absolute atomic E-state index is 0.000543. The molecule has 0 saturated carbocycles. The SMILES string of the molecule is Cc1cccc(S(=O)(=O)Nc2cc(NC(=O)c3c(Cl)cccc3C(F)(F)F)ccc2C=N)c1. The van der Waals surface area contributed by atoms with Gasteiger partial charge < -0.3 is 10.7 Å². The average Bonchev–Trinajstić information content (AvgIpc) is 2.73. The monoisotopic (exact) mass is 495 g/mol. The summed E-state index contributed by atoms with van der Waals surface area (Å²) in [4.78, 5) is 12.6. The van der Waals surface area contributed by atoms with Crippen LogP contribution < -0.4 is 10.0 Å². The molecular weight excluding hydrogens is 479 g/mol. The van der Waals surface area contributed by atoms with Crippen molar-refractivity contribution < 1.29 is 26.4 Å². The molecular formula is C22H17ClF3N3O3S. The molecule has 33 heavy (non-hydrogen) atoms. The molecule has 0 aliphatic rings. The Bertz CT molecular complexity index is 1340. The molecule has 3 aromatic rings. The number of hydrogen-bond acceptors (Lipinski definition) is 4. The van der Waals surface area contributed by atoms with E-state index in [-0.39, 0.29) is 26.9 Å². The fraction of sp³-hybridized carbons (Fsp3) is 0.0909. The lowest BCUT2D eigenvalue weighted by molar-refractivity contribution is -0.137. The first-order chi connectivity index (χ1) is 15.4. The van der Waals surface area contributed by atoms with E-state index in [0.717, 1.165) is 24.4 Å². The average molecular weight is 496 g/mol. The summed E-state index contributed by atoms with van der Waals surface area (Å²) in [6.45, 7) is 1.72. The van der Waals surface area contributed by atoms with Crippen LogP contribution in [0.25, 0.3) is 0 Å². The van der Waals surface area contributed by atoms with Crippen LogP contribution in [0.15, 0.2) is 65.6 Å². The second-order valence-corrected chi connectivity index (χ2v) is 9.07. The zero-order chi connectivity index (χ0) is 24.4. The normalized spacial score (nSPS) is 11.7. The van der Waals surface area contributed by atoms with Gasteiger partial charge in [0.1, 0.15) is 0 Å². The van der Waals surface area contributed by atoms with E-state index in [4.69, 9.17) is 17.0 Å². The molecule has 3 aromatic carbocycles. The van der Waals surface area contributed by atoms with Crippen LogP contribution in [0, 0.1) is 12.3 Å². The molecule has 0 bridgehead atoms. The summed E-state index contributed by atoms with van der Waals surface area (Å²) in [5.74, 6) is -1.12. The third-order valence-corrected chi connectivity index (χ3v) is 6.24. The summed E-state index contributed by atoms with van der Waals surface area (Å²) >= 11 is 5.86. The van der Waals surface area contributed by atoms with Gasteiger partial charge in [0.25, 0.3) is 15.9 Å². The van der Waals surface area contributed by atoms with E-state index in [1.54, 1.807) is 19.1 Å². The van der Waals surface area contributed by atoms with Gasteiger partial charge in [-0.25, -0.2) is 8.42 Å². The Morgan fingerprint density at radius 3 is 2.39 bits per heavy atom. The van der Waals surface area contributed by atoms with Gasteiger partial charge in [-0.15, -0.1) is 0 Å². The minimum atomic E-state index is -4.81. The molecule has 0 unspecified atom stereocenters. The number of carbonyl (C=O) groups is 1. The van der Waals surface area contributed by atoms with Crippen molar-refractivity contribution in [2.24, 2.45) is 0 Å². The second-order valence-electron chi connectivity index (χ2n) is 6.98. The van der Waals surface area contributed by atoms with Gasteiger partial charge in [0.2, 0.25) is 0 Å². The van der Waals surface area contributed by atoms with Crippen molar-refractivity contribution in [1.29, 1.82) is 5.41 Å². The maximum atomic E-state index is 13.3. The van der Waals surface area contributed by atoms with E-state index in [9.17, 15) is 26.4 Å². The van der Waals surface area contributed by atoms with Gasteiger partial charge in [-0.3, -0.25) is 9.52 Å². The second kappa shape index (κ2) is 9.24. The fourth-order valence-electron chi connectivity index (χ4n) is 3.02. The van der Waals surface area contributed by atoms with Crippen molar-refractivity contribution in [2.75, 3.05) is 10.0 Å². The number of anilines is 2. The third-order valence-electron chi connectivity index (χ3n) is 4.56. The van der Waals surface area contributed by atoms with Crippen molar-refractivity contribution in [3.8, 4) is 0 Å². The van der Waals surface area contributed by atoms with Gasteiger partial charge in [-0.05, 0) is 55.0 Å². The number of amides is 1. The molecule has 0 aliphatic carbocycles. The van der Waals surface area contributed by atoms with Crippen molar-refractivity contribution in [2.45, 2.75) is 18.0 Å². The molecule has 0 spiro atoms. The molecule has 3 rings (SSSR count). The van der Waals surface area contributed by atoms with E-state index in [2.05, 4.69) is 10.0 Å². The first kappa shape index (κ1) is 24.3. The summed E-state index contributed by atoms with van der Waals surface area (Å²) in [7, 11) is -4.03. The highest BCUT2D eigenvalue weighted by Gasteiger charge is 2.36. The van der Waals surface area contributed by atoms with Crippen LogP contribution in [0.4, 0.5) is 24.5 Å². The first-order valence-corrected chi connectivity index (χ1v) is 11.2. The maximum absolute atomic E-state index is 13.3. The minimum Gasteiger partial charge on any atom is -0.322 e. The van der Waals surface area contributed by atoms with Crippen molar-refractivity contribution in [3.63, 3.8) is 0 Å². The van der Waals surface area contributed by atoms with E-state index in [0.29, 0.717) is 5.56 Å². The van der Waals surface area contributed by atoms with Gasteiger partial charge in [0.15, 0.2) is 0 Å². The van der Waals surface area contributed by atoms with Crippen LogP contribution in [0.5, 0.6) is 0 Å². The lowest BCUT2D eigenvalue weighted by Gasteiger charge is -2.16. The Kier molecular flexibility index (Phi) is 6.80. The van der Waals surface area contributed by atoms with Crippen LogP contribution in [-0.2, 0) is 16.2 Å². The van der Waals surface area contributed by atoms with E-state index < -0.39 is 33.2 Å². The quantitative estimate of drug-likeness (QED) is 0.381. The predicted octanol–water partition coefficient (Wildman–Crippen LogP) is 5.72. The Labute approximate surface area is 193 Å². The topological polar surface area (TPSA) is 99.1 Å². The van der Waals surface area contributed by atoms with Gasteiger partial charge in [0, 0.05) is 17.5 Å². The van der Waals surface area contributed by atoms with Crippen LogP contribution in [0.3, 0.4) is 0 Å². The summed E-state index contributed by atoms with van der Waals surface area (Å²) in [6, 6.07) is 13.0. The van der Waals surface area contributed by atoms with Crippen LogP contribution >= 0.6 is 11.6 Å². The Morgan fingerprint density at radius 1 is 1.06 bits per heavy atom. The molecule has 6 nitrogen and oxygen atoms in total. The summed E-state index contributed by atoms with van der Waals surface area (Å²) in [5, 5.41) is 9.43. The van der Waals surface area contributed by atoms with E-state index in [1.807, 2.05) is 0 Å². The molecule has 11 heteroatoms. The zero-order valence-electron chi connectivity index (χ0n) is 17.0. The van der Waals surface area contributed by atoms with Gasteiger partial charge >= 0.3 is 6.18 Å². The summed E-state index contributed by atoms with van der Waals surface area (Å²) < 4.78 is 67.8. The highest BCUT2D eigenvalue weighted by atomic mass is 35.5. The number of alkyl halides is 3. The molecule has 0 aromatic heterocycles. The van der Waals surface area contributed by atoms with Gasteiger partial charge in [-0.1, -0.05) is 29.8 Å². The Morgan fingerprint density at radius 2 is 1.76 bits per heavy atom. The highest BCUT2D eigenvalue weighted by molar-refractivity contribution is 7.92. The van der Waals surface area contributed by atoms with E-state index >= 15 is 0 Å². The molecule has 0 atom stereocenters. The lowest BCUT2D eigenvalue weighted by Crippen LogP contribution is -2.20. The number of carbonyl (C=O) groups excluding carboxylic acids is 1.